The van der Waals surface area contributed by atoms with Crippen LogP contribution in [-0.2, 0) is 16.1 Å². The van der Waals surface area contributed by atoms with Crippen molar-refractivity contribution in [2.75, 3.05) is 6.54 Å². The van der Waals surface area contributed by atoms with E-state index in [4.69, 9.17) is 0 Å². The molecule has 0 aromatic carbocycles. The zero-order valence-corrected chi connectivity index (χ0v) is 10.8. The fraction of sp³-hybridized carbons (Fsp3) is 0.462. The van der Waals surface area contributed by atoms with Crippen LogP contribution in [-0.4, -0.2) is 23.3 Å². The van der Waals surface area contributed by atoms with E-state index in [2.05, 4.69) is 15.6 Å². The van der Waals surface area contributed by atoms with Crippen molar-refractivity contribution in [2.45, 2.75) is 26.8 Å². The Morgan fingerprint density at radius 1 is 1.28 bits per heavy atom. The van der Waals surface area contributed by atoms with E-state index in [0.717, 1.165) is 5.56 Å². The smallest absolute Gasteiger partial charge is 0.229 e. The summed E-state index contributed by atoms with van der Waals surface area (Å²) in [6.07, 6.45) is 3.22. The fourth-order valence-electron chi connectivity index (χ4n) is 1.29. The summed E-state index contributed by atoms with van der Waals surface area (Å²) in [7, 11) is 0. The van der Waals surface area contributed by atoms with Crippen molar-refractivity contribution in [2.24, 2.45) is 5.92 Å². The monoisotopic (exact) mass is 249 g/mol. The molecule has 0 spiro atoms. The predicted molar refractivity (Wildman–Crippen MR) is 68.5 cm³/mol. The molecule has 0 fully saturated rings. The lowest BCUT2D eigenvalue weighted by Crippen LogP contribution is -2.33. The molecule has 0 saturated carbocycles. The highest BCUT2D eigenvalue weighted by Crippen LogP contribution is 1.95. The normalized spacial score (nSPS) is 10.2. The number of amides is 2. The van der Waals surface area contributed by atoms with Crippen LogP contribution < -0.4 is 10.6 Å². The highest BCUT2D eigenvalue weighted by molar-refractivity contribution is 5.96. The lowest BCUT2D eigenvalue weighted by atomic mass is 10.2. The summed E-state index contributed by atoms with van der Waals surface area (Å²) >= 11 is 0. The molecule has 1 aromatic heterocycles. The minimum Gasteiger partial charge on any atom is -0.355 e. The molecule has 1 aromatic rings. The van der Waals surface area contributed by atoms with Crippen LogP contribution in [0.4, 0.5) is 0 Å². The van der Waals surface area contributed by atoms with Gasteiger partial charge in [0.1, 0.15) is 6.42 Å². The molecule has 18 heavy (non-hydrogen) atoms. The molecule has 2 N–H and O–H groups in total. The van der Waals surface area contributed by atoms with Crippen LogP contribution >= 0.6 is 0 Å². The third-order valence-electron chi connectivity index (χ3n) is 2.24. The molecule has 5 heteroatoms. The molecule has 0 aliphatic rings. The molecule has 98 valence electrons. The van der Waals surface area contributed by atoms with Crippen molar-refractivity contribution in [1.82, 2.24) is 15.6 Å². The maximum Gasteiger partial charge on any atom is 0.229 e. The van der Waals surface area contributed by atoms with Crippen molar-refractivity contribution >= 4 is 11.8 Å². The average Bonchev–Trinajstić information content (AvgIpc) is 2.35. The number of carbonyl (C=O) groups excluding carboxylic acids is 2. The van der Waals surface area contributed by atoms with Gasteiger partial charge in [0.2, 0.25) is 11.8 Å². The Labute approximate surface area is 107 Å². The third kappa shape index (κ3) is 5.98. The van der Waals surface area contributed by atoms with E-state index in [1.807, 2.05) is 19.9 Å². The Hall–Kier alpha value is -1.91. The van der Waals surface area contributed by atoms with Crippen molar-refractivity contribution in [1.29, 1.82) is 0 Å². The van der Waals surface area contributed by atoms with Crippen molar-refractivity contribution in [3.8, 4) is 0 Å². The first-order valence-corrected chi connectivity index (χ1v) is 6.00. The summed E-state index contributed by atoms with van der Waals surface area (Å²) in [6.45, 7) is 4.99. The van der Waals surface area contributed by atoms with E-state index in [0.29, 0.717) is 19.0 Å². The van der Waals surface area contributed by atoms with E-state index in [1.54, 1.807) is 18.5 Å². The molecule has 0 saturated heterocycles. The molecule has 0 bridgehead atoms. The Kier molecular flexibility index (Phi) is 5.84. The van der Waals surface area contributed by atoms with Gasteiger partial charge in [-0.15, -0.1) is 0 Å². The lowest BCUT2D eigenvalue weighted by Gasteiger charge is -2.08. The molecular weight excluding hydrogens is 230 g/mol. The van der Waals surface area contributed by atoms with Gasteiger partial charge in [0, 0.05) is 25.5 Å². The van der Waals surface area contributed by atoms with Gasteiger partial charge in [-0.1, -0.05) is 19.9 Å². The Balaban J connectivity index is 2.23. The number of rotatable bonds is 6. The number of aromatic nitrogens is 1. The second-order valence-electron chi connectivity index (χ2n) is 4.51. The zero-order chi connectivity index (χ0) is 13.4. The topological polar surface area (TPSA) is 71.1 Å². The number of carbonyl (C=O) groups is 2. The molecular formula is C13H19N3O2. The van der Waals surface area contributed by atoms with E-state index < -0.39 is 0 Å². The number of hydrogen-bond acceptors (Lipinski definition) is 3. The quantitative estimate of drug-likeness (QED) is 0.735. The van der Waals surface area contributed by atoms with Gasteiger partial charge in [-0.05, 0) is 17.5 Å². The van der Waals surface area contributed by atoms with Crippen molar-refractivity contribution < 1.29 is 9.59 Å². The minimum atomic E-state index is -0.278. The molecule has 0 aliphatic heterocycles. The molecule has 0 unspecified atom stereocenters. The van der Waals surface area contributed by atoms with E-state index in [9.17, 15) is 9.59 Å². The first-order valence-electron chi connectivity index (χ1n) is 6.00. The summed E-state index contributed by atoms with van der Waals surface area (Å²) in [5.74, 6) is -0.139. The maximum atomic E-state index is 11.5. The Morgan fingerprint density at radius 3 is 2.61 bits per heavy atom. The van der Waals surface area contributed by atoms with Crippen LogP contribution in [0.25, 0.3) is 0 Å². The fourth-order valence-corrected chi connectivity index (χ4v) is 1.29. The van der Waals surface area contributed by atoms with Crippen LogP contribution in [0, 0.1) is 5.92 Å². The Bertz CT molecular complexity index is 390. The van der Waals surface area contributed by atoms with E-state index in [-0.39, 0.29) is 18.2 Å². The largest absolute Gasteiger partial charge is 0.355 e. The first-order chi connectivity index (χ1) is 8.58. The van der Waals surface area contributed by atoms with Gasteiger partial charge in [0.05, 0.1) is 0 Å². The maximum absolute atomic E-state index is 11.5. The second-order valence-corrected chi connectivity index (χ2v) is 4.51. The van der Waals surface area contributed by atoms with Crippen LogP contribution in [0.5, 0.6) is 0 Å². The van der Waals surface area contributed by atoms with Crippen LogP contribution in [0.3, 0.4) is 0 Å². The molecule has 1 rings (SSSR count). The number of pyridine rings is 1. The molecule has 5 nitrogen and oxygen atoms in total. The molecule has 1 heterocycles. The van der Waals surface area contributed by atoms with Gasteiger partial charge in [0.25, 0.3) is 0 Å². The minimum absolute atomic E-state index is 0.132. The SMILES string of the molecule is CC(C)CNC(=O)CC(=O)NCc1cccnc1. The summed E-state index contributed by atoms with van der Waals surface area (Å²) < 4.78 is 0. The molecule has 0 aliphatic carbocycles. The van der Waals surface area contributed by atoms with Crippen molar-refractivity contribution in [3.05, 3.63) is 30.1 Å². The number of nitrogens with one attached hydrogen (secondary N) is 2. The number of hydrogen-bond donors (Lipinski definition) is 2. The van der Waals surface area contributed by atoms with Crippen LogP contribution in [0.15, 0.2) is 24.5 Å². The first kappa shape index (κ1) is 14.2. The molecule has 0 atom stereocenters. The van der Waals surface area contributed by atoms with Gasteiger partial charge in [-0.3, -0.25) is 14.6 Å². The summed E-state index contributed by atoms with van der Waals surface area (Å²) in [5, 5.41) is 5.38. The second kappa shape index (κ2) is 7.42. The summed E-state index contributed by atoms with van der Waals surface area (Å²) in [5.41, 5.74) is 0.911. The number of nitrogens with zero attached hydrogens (tertiary/aromatic N) is 1. The van der Waals surface area contributed by atoms with E-state index in [1.165, 1.54) is 0 Å². The van der Waals surface area contributed by atoms with Gasteiger partial charge < -0.3 is 10.6 Å². The average molecular weight is 249 g/mol. The van der Waals surface area contributed by atoms with Crippen molar-refractivity contribution in [3.63, 3.8) is 0 Å². The summed E-state index contributed by atoms with van der Waals surface area (Å²) in [6, 6.07) is 3.67. The lowest BCUT2D eigenvalue weighted by molar-refractivity contribution is -0.129. The molecule has 2 amide bonds. The highest BCUT2D eigenvalue weighted by atomic mass is 16.2. The Morgan fingerprint density at radius 2 is 2.00 bits per heavy atom. The van der Waals surface area contributed by atoms with Gasteiger partial charge >= 0.3 is 0 Å². The summed E-state index contributed by atoms with van der Waals surface area (Å²) in [4.78, 5) is 26.8. The van der Waals surface area contributed by atoms with Gasteiger partial charge in [0.15, 0.2) is 0 Å². The molecule has 0 radical (unpaired) electrons. The van der Waals surface area contributed by atoms with Gasteiger partial charge in [-0.25, -0.2) is 0 Å². The standard InChI is InChI=1S/C13H19N3O2/c1-10(2)7-15-12(17)6-13(18)16-9-11-4-3-5-14-8-11/h3-5,8,10H,6-7,9H2,1-2H3,(H,15,17)(H,16,18). The van der Waals surface area contributed by atoms with Gasteiger partial charge in [-0.2, -0.15) is 0 Å². The van der Waals surface area contributed by atoms with E-state index >= 15 is 0 Å². The zero-order valence-electron chi connectivity index (χ0n) is 10.8. The highest BCUT2D eigenvalue weighted by Gasteiger charge is 2.09. The van der Waals surface area contributed by atoms with Crippen LogP contribution in [0.1, 0.15) is 25.8 Å². The van der Waals surface area contributed by atoms with Crippen LogP contribution in [0.2, 0.25) is 0 Å². The predicted octanol–water partition coefficient (Wildman–Crippen LogP) is 0.860. The third-order valence-corrected chi connectivity index (χ3v) is 2.24.